The van der Waals surface area contributed by atoms with Crippen molar-refractivity contribution >= 4 is 5.69 Å². The van der Waals surface area contributed by atoms with Gasteiger partial charge in [-0.05, 0) is 49.9 Å². The van der Waals surface area contributed by atoms with Crippen LogP contribution in [0.3, 0.4) is 0 Å². The minimum absolute atomic E-state index is 0.808. The van der Waals surface area contributed by atoms with E-state index in [9.17, 15) is 0 Å². The predicted octanol–water partition coefficient (Wildman–Crippen LogP) is 2.78. The first-order chi connectivity index (χ1) is 8.83. The van der Waals surface area contributed by atoms with E-state index in [1.54, 1.807) is 0 Å². The molecule has 2 aliphatic rings. The van der Waals surface area contributed by atoms with Gasteiger partial charge in [0.25, 0.3) is 0 Å². The van der Waals surface area contributed by atoms with Gasteiger partial charge in [-0.15, -0.1) is 0 Å². The van der Waals surface area contributed by atoms with Crippen LogP contribution in [0.2, 0.25) is 0 Å². The molecule has 98 valence electrons. The van der Waals surface area contributed by atoms with E-state index in [-0.39, 0.29) is 0 Å². The Hall–Kier alpha value is -1.02. The molecular formula is C16H24N2. The largest absolute Gasteiger partial charge is 0.374 e. The van der Waals surface area contributed by atoms with Gasteiger partial charge in [0.1, 0.15) is 0 Å². The second-order valence-corrected chi connectivity index (χ2v) is 5.94. The fraction of sp³-hybridized carbons (Fsp3) is 0.625. The number of rotatable bonds is 2. The zero-order valence-electron chi connectivity index (χ0n) is 11.4. The average molecular weight is 244 g/mol. The number of nitrogens with zero attached hydrogens (tertiary/aromatic N) is 2. The van der Waals surface area contributed by atoms with Gasteiger partial charge in [0.15, 0.2) is 0 Å². The van der Waals surface area contributed by atoms with Crippen LogP contribution in [0.5, 0.6) is 0 Å². The smallest absolute Gasteiger partial charge is 0.0396 e. The molecule has 0 spiro atoms. The number of fused-ring (bicyclic) bond motifs is 1. The van der Waals surface area contributed by atoms with Crippen LogP contribution in [0.4, 0.5) is 5.69 Å². The van der Waals surface area contributed by atoms with Gasteiger partial charge < -0.3 is 9.80 Å². The maximum atomic E-state index is 2.68. The van der Waals surface area contributed by atoms with E-state index in [2.05, 4.69) is 41.1 Å². The van der Waals surface area contributed by atoms with E-state index in [1.807, 2.05) is 0 Å². The fourth-order valence-electron chi connectivity index (χ4n) is 3.55. The molecule has 0 N–H and O–H groups in total. The SMILES string of the molecule is CN1CC(CN2CCCCC2)Cc2ccccc21. The zero-order chi connectivity index (χ0) is 12.4. The van der Waals surface area contributed by atoms with E-state index in [4.69, 9.17) is 0 Å². The first kappa shape index (κ1) is 12.0. The van der Waals surface area contributed by atoms with E-state index < -0.39 is 0 Å². The van der Waals surface area contributed by atoms with Crippen LogP contribution in [0.15, 0.2) is 24.3 Å². The standard InChI is InChI=1S/C16H24N2/c1-17-12-14(13-18-9-5-2-6-10-18)11-15-7-3-4-8-16(15)17/h3-4,7-8,14H,2,5-6,9-13H2,1H3. The Kier molecular flexibility index (Phi) is 3.55. The van der Waals surface area contributed by atoms with Crippen molar-refractivity contribution in [2.75, 3.05) is 38.1 Å². The summed E-state index contributed by atoms with van der Waals surface area (Å²) in [4.78, 5) is 5.11. The van der Waals surface area contributed by atoms with Gasteiger partial charge in [0.2, 0.25) is 0 Å². The molecule has 2 heteroatoms. The summed E-state index contributed by atoms with van der Waals surface area (Å²) >= 11 is 0. The topological polar surface area (TPSA) is 6.48 Å². The molecule has 0 saturated carbocycles. The van der Waals surface area contributed by atoms with Crippen LogP contribution in [0, 0.1) is 5.92 Å². The third kappa shape index (κ3) is 2.54. The molecule has 2 nitrogen and oxygen atoms in total. The van der Waals surface area contributed by atoms with Crippen molar-refractivity contribution in [2.24, 2.45) is 5.92 Å². The highest BCUT2D eigenvalue weighted by atomic mass is 15.2. The lowest BCUT2D eigenvalue weighted by molar-refractivity contribution is 0.194. The summed E-state index contributed by atoms with van der Waals surface area (Å²) in [6.07, 6.45) is 5.50. The third-order valence-electron chi connectivity index (χ3n) is 4.41. The number of hydrogen-bond acceptors (Lipinski definition) is 2. The van der Waals surface area contributed by atoms with Crippen LogP contribution in [0.1, 0.15) is 24.8 Å². The molecule has 0 aromatic heterocycles. The van der Waals surface area contributed by atoms with Gasteiger partial charge in [-0.3, -0.25) is 0 Å². The summed E-state index contributed by atoms with van der Waals surface area (Å²) in [6.45, 7) is 5.15. The molecule has 2 heterocycles. The molecule has 1 saturated heterocycles. The van der Waals surface area contributed by atoms with Crippen molar-refractivity contribution in [2.45, 2.75) is 25.7 Å². The summed E-state index contributed by atoms with van der Waals surface area (Å²) in [5.41, 5.74) is 2.97. The molecule has 0 aliphatic carbocycles. The quantitative estimate of drug-likeness (QED) is 0.789. The molecule has 1 fully saturated rings. The van der Waals surface area contributed by atoms with Crippen LogP contribution in [-0.2, 0) is 6.42 Å². The van der Waals surface area contributed by atoms with Crippen LogP contribution < -0.4 is 4.90 Å². The number of benzene rings is 1. The van der Waals surface area contributed by atoms with Crippen molar-refractivity contribution in [3.05, 3.63) is 29.8 Å². The molecule has 0 radical (unpaired) electrons. The van der Waals surface area contributed by atoms with Crippen LogP contribution in [-0.4, -0.2) is 38.1 Å². The lowest BCUT2D eigenvalue weighted by atomic mass is 9.92. The molecule has 1 aromatic rings. The Morgan fingerprint density at radius 2 is 1.89 bits per heavy atom. The van der Waals surface area contributed by atoms with E-state index in [0.717, 1.165) is 5.92 Å². The molecule has 2 aliphatic heterocycles. The molecule has 0 amide bonds. The molecule has 3 rings (SSSR count). The summed E-state index contributed by atoms with van der Waals surface area (Å²) < 4.78 is 0. The van der Waals surface area contributed by atoms with Crippen molar-refractivity contribution in [3.8, 4) is 0 Å². The Morgan fingerprint density at radius 3 is 2.72 bits per heavy atom. The average Bonchev–Trinajstić information content (AvgIpc) is 2.40. The monoisotopic (exact) mass is 244 g/mol. The van der Waals surface area contributed by atoms with Crippen molar-refractivity contribution in [1.29, 1.82) is 0 Å². The Labute approximate surface area is 111 Å². The summed E-state index contributed by atoms with van der Waals surface area (Å²) in [7, 11) is 2.24. The predicted molar refractivity (Wildman–Crippen MR) is 77.2 cm³/mol. The van der Waals surface area contributed by atoms with Gasteiger partial charge in [-0.25, -0.2) is 0 Å². The highest BCUT2D eigenvalue weighted by Crippen LogP contribution is 2.29. The molecule has 18 heavy (non-hydrogen) atoms. The Morgan fingerprint density at radius 1 is 1.11 bits per heavy atom. The van der Waals surface area contributed by atoms with E-state index >= 15 is 0 Å². The van der Waals surface area contributed by atoms with Crippen molar-refractivity contribution in [3.63, 3.8) is 0 Å². The van der Waals surface area contributed by atoms with Gasteiger partial charge in [-0.2, -0.15) is 0 Å². The first-order valence-electron chi connectivity index (χ1n) is 7.34. The van der Waals surface area contributed by atoms with Gasteiger partial charge in [0, 0.05) is 25.8 Å². The molecule has 1 aromatic carbocycles. The minimum atomic E-state index is 0.808. The lowest BCUT2D eigenvalue weighted by Gasteiger charge is -2.37. The maximum absolute atomic E-state index is 2.68. The maximum Gasteiger partial charge on any atom is 0.0396 e. The number of hydrogen-bond donors (Lipinski definition) is 0. The first-order valence-corrected chi connectivity index (χ1v) is 7.34. The van der Waals surface area contributed by atoms with E-state index in [0.29, 0.717) is 0 Å². The van der Waals surface area contributed by atoms with Gasteiger partial charge >= 0.3 is 0 Å². The van der Waals surface area contributed by atoms with Crippen molar-refractivity contribution < 1.29 is 0 Å². The second-order valence-electron chi connectivity index (χ2n) is 5.94. The molecule has 1 atom stereocenters. The summed E-state index contributed by atoms with van der Waals surface area (Å²) in [5.74, 6) is 0.808. The molecular weight excluding hydrogens is 220 g/mol. The number of anilines is 1. The Balaban J connectivity index is 1.66. The molecule has 1 unspecified atom stereocenters. The Bertz CT molecular complexity index is 396. The van der Waals surface area contributed by atoms with Crippen LogP contribution in [0.25, 0.3) is 0 Å². The second kappa shape index (κ2) is 5.31. The highest BCUT2D eigenvalue weighted by molar-refractivity contribution is 5.55. The number of para-hydroxylation sites is 1. The lowest BCUT2D eigenvalue weighted by Crippen LogP contribution is -2.41. The van der Waals surface area contributed by atoms with Crippen molar-refractivity contribution in [1.82, 2.24) is 4.90 Å². The molecule has 0 bridgehead atoms. The minimum Gasteiger partial charge on any atom is -0.374 e. The fourth-order valence-corrected chi connectivity index (χ4v) is 3.55. The summed E-state index contributed by atoms with van der Waals surface area (Å²) in [6, 6.07) is 8.89. The summed E-state index contributed by atoms with van der Waals surface area (Å²) in [5, 5.41) is 0. The van der Waals surface area contributed by atoms with Crippen LogP contribution >= 0.6 is 0 Å². The van der Waals surface area contributed by atoms with Gasteiger partial charge in [-0.1, -0.05) is 24.6 Å². The van der Waals surface area contributed by atoms with E-state index in [1.165, 1.54) is 63.1 Å². The normalized spacial score (nSPS) is 24.9. The highest BCUT2D eigenvalue weighted by Gasteiger charge is 2.24. The zero-order valence-corrected chi connectivity index (χ0v) is 11.4. The number of likely N-dealkylation sites (tertiary alicyclic amines) is 1. The third-order valence-corrected chi connectivity index (χ3v) is 4.41. The van der Waals surface area contributed by atoms with Gasteiger partial charge in [0.05, 0.1) is 0 Å². The number of piperidine rings is 1.